The highest BCUT2D eigenvalue weighted by atomic mass is 19.2. The Hall–Kier alpha value is -1.59. The second-order valence-corrected chi connectivity index (χ2v) is 2.60. The van der Waals surface area contributed by atoms with Gasteiger partial charge in [-0.25, -0.2) is 8.78 Å². The standard InChI is InChI=1S/C8H6F3NO2/c1-2-4-3-5(9)6(10)7(11)8(4)12(13)14/h3H,2H2,1H3. The van der Waals surface area contributed by atoms with Gasteiger partial charge in [-0.05, 0) is 12.5 Å². The van der Waals surface area contributed by atoms with Crippen molar-refractivity contribution in [2.24, 2.45) is 0 Å². The third kappa shape index (κ3) is 1.55. The van der Waals surface area contributed by atoms with E-state index in [0.717, 1.165) is 0 Å². The summed E-state index contributed by atoms with van der Waals surface area (Å²) < 4.78 is 38.2. The summed E-state index contributed by atoms with van der Waals surface area (Å²) in [5, 5.41) is 10.3. The van der Waals surface area contributed by atoms with Gasteiger partial charge in [-0.3, -0.25) is 10.1 Å². The highest BCUT2D eigenvalue weighted by molar-refractivity contribution is 5.42. The molecule has 76 valence electrons. The molecule has 0 aliphatic carbocycles. The molecule has 0 N–H and O–H groups in total. The minimum Gasteiger partial charge on any atom is -0.258 e. The van der Waals surface area contributed by atoms with Gasteiger partial charge in [0.05, 0.1) is 4.92 Å². The fraction of sp³-hybridized carbons (Fsp3) is 0.250. The minimum absolute atomic E-state index is 0.0600. The number of nitro groups is 1. The first-order valence-corrected chi connectivity index (χ1v) is 3.79. The van der Waals surface area contributed by atoms with Gasteiger partial charge in [0.15, 0.2) is 5.82 Å². The molecule has 0 amide bonds. The maximum Gasteiger partial charge on any atom is 0.311 e. The summed E-state index contributed by atoms with van der Waals surface area (Å²) in [6.07, 6.45) is 0.0600. The van der Waals surface area contributed by atoms with Crippen molar-refractivity contribution in [3.63, 3.8) is 0 Å². The van der Waals surface area contributed by atoms with E-state index in [2.05, 4.69) is 0 Å². The van der Waals surface area contributed by atoms with E-state index < -0.39 is 28.1 Å². The zero-order valence-electron chi connectivity index (χ0n) is 7.18. The van der Waals surface area contributed by atoms with Crippen LogP contribution in [-0.2, 0) is 6.42 Å². The molecule has 0 unspecified atom stereocenters. The quantitative estimate of drug-likeness (QED) is 0.423. The second kappa shape index (κ2) is 3.65. The Morgan fingerprint density at radius 1 is 1.36 bits per heavy atom. The van der Waals surface area contributed by atoms with Crippen molar-refractivity contribution in [2.45, 2.75) is 13.3 Å². The number of aryl methyl sites for hydroxylation is 1. The fourth-order valence-electron chi connectivity index (χ4n) is 1.10. The maximum atomic E-state index is 12.9. The third-order valence-electron chi connectivity index (χ3n) is 1.78. The molecule has 0 spiro atoms. The minimum atomic E-state index is -1.81. The summed E-state index contributed by atoms with van der Waals surface area (Å²) in [6, 6.07) is 0.635. The molecular formula is C8H6F3NO2. The first-order chi connectivity index (χ1) is 6.49. The predicted molar refractivity (Wildman–Crippen MR) is 42.3 cm³/mol. The lowest BCUT2D eigenvalue weighted by Gasteiger charge is -2.02. The van der Waals surface area contributed by atoms with Crippen LogP contribution in [0, 0.1) is 27.6 Å². The highest BCUT2D eigenvalue weighted by Crippen LogP contribution is 2.27. The van der Waals surface area contributed by atoms with E-state index in [4.69, 9.17) is 0 Å². The number of halogens is 3. The number of hydrogen-bond acceptors (Lipinski definition) is 2. The molecule has 0 atom stereocenters. The van der Waals surface area contributed by atoms with Gasteiger partial charge in [-0.1, -0.05) is 6.92 Å². The molecule has 1 rings (SSSR count). The first kappa shape index (κ1) is 10.5. The summed E-state index contributed by atoms with van der Waals surface area (Å²) in [7, 11) is 0. The van der Waals surface area contributed by atoms with Crippen molar-refractivity contribution in [2.75, 3.05) is 0 Å². The van der Waals surface area contributed by atoms with Crippen LogP contribution in [-0.4, -0.2) is 4.92 Å². The predicted octanol–water partition coefficient (Wildman–Crippen LogP) is 2.57. The van der Waals surface area contributed by atoms with E-state index >= 15 is 0 Å². The number of nitro benzene ring substituents is 1. The zero-order chi connectivity index (χ0) is 10.9. The molecule has 0 aromatic heterocycles. The Kier molecular flexibility index (Phi) is 2.73. The van der Waals surface area contributed by atoms with Gasteiger partial charge in [-0.2, -0.15) is 4.39 Å². The van der Waals surface area contributed by atoms with E-state index in [1.807, 2.05) is 0 Å². The molecule has 0 saturated carbocycles. The first-order valence-electron chi connectivity index (χ1n) is 3.79. The zero-order valence-corrected chi connectivity index (χ0v) is 7.18. The SMILES string of the molecule is CCc1cc(F)c(F)c(F)c1[N+](=O)[O-]. The summed E-state index contributed by atoms with van der Waals surface area (Å²) in [4.78, 5) is 9.28. The van der Waals surface area contributed by atoms with Gasteiger partial charge >= 0.3 is 5.69 Å². The monoisotopic (exact) mass is 205 g/mol. The van der Waals surface area contributed by atoms with Crippen LogP contribution in [0.15, 0.2) is 6.07 Å². The third-order valence-corrected chi connectivity index (χ3v) is 1.78. The van der Waals surface area contributed by atoms with Gasteiger partial charge in [0.2, 0.25) is 11.6 Å². The van der Waals surface area contributed by atoms with E-state index in [1.165, 1.54) is 6.92 Å². The van der Waals surface area contributed by atoms with Crippen molar-refractivity contribution in [1.29, 1.82) is 0 Å². The Balaban J connectivity index is 3.53. The number of benzene rings is 1. The van der Waals surface area contributed by atoms with E-state index in [-0.39, 0.29) is 12.0 Å². The summed E-state index contributed by atoms with van der Waals surface area (Å²) >= 11 is 0. The molecule has 0 aliphatic heterocycles. The van der Waals surface area contributed by atoms with Crippen molar-refractivity contribution >= 4 is 5.69 Å². The molecule has 0 aliphatic rings. The maximum absolute atomic E-state index is 12.9. The number of nitrogens with zero attached hydrogens (tertiary/aromatic N) is 1. The largest absolute Gasteiger partial charge is 0.311 e. The van der Waals surface area contributed by atoms with Gasteiger partial charge in [0.1, 0.15) is 0 Å². The molecular weight excluding hydrogens is 199 g/mol. The fourth-order valence-corrected chi connectivity index (χ4v) is 1.10. The summed E-state index contributed by atoms with van der Waals surface area (Å²) in [5.74, 6) is -4.97. The van der Waals surface area contributed by atoms with Crippen LogP contribution in [0.25, 0.3) is 0 Å². The van der Waals surface area contributed by atoms with Crippen LogP contribution < -0.4 is 0 Å². The Labute approximate surface area is 77.3 Å². The average Bonchev–Trinajstić information content (AvgIpc) is 2.12. The van der Waals surface area contributed by atoms with Crippen molar-refractivity contribution in [1.82, 2.24) is 0 Å². The van der Waals surface area contributed by atoms with Crippen LogP contribution in [0.1, 0.15) is 12.5 Å². The molecule has 0 bridgehead atoms. The van der Waals surface area contributed by atoms with Gasteiger partial charge in [-0.15, -0.1) is 0 Å². The van der Waals surface area contributed by atoms with Crippen molar-refractivity contribution < 1.29 is 18.1 Å². The van der Waals surface area contributed by atoms with E-state index in [1.54, 1.807) is 0 Å². The molecule has 3 nitrogen and oxygen atoms in total. The number of hydrogen-bond donors (Lipinski definition) is 0. The van der Waals surface area contributed by atoms with Crippen molar-refractivity contribution in [3.05, 3.63) is 39.2 Å². The molecule has 0 saturated heterocycles. The Morgan fingerprint density at radius 2 is 1.93 bits per heavy atom. The van der Waals surface area contributed by atoms with Crippen molar-refractivity contribution in [3.8, 4) is 0 Å². The molecule has 0 radical (unpaired) electrons. The van der Waals surface area contributed by atoms with Crippen LogP contribution in [0.5, 0.6) is 0 Å². The lowest BCUT2D eigenvalue weighted by atomic mass is 10.1. The molecule has 0 heterocycles. The lowest BCUT2D eigenvalue weighted by molar-refractivity contribution is -0.388. The number of rotatable bonds is 2. The molecule has 6 heteroatoms. The topological polar surface area (TPSA) is 43.1 Å². The molecule has 1 aromatic carbocycles. The molecule has 14 heavy (non-hydrogen) atoms. The Bertz CT molecular complexity index is 393. The average molecular weight is 205 g/mol. The smallest absolute Gasteiger partial charge is 0.258 e. The van der Waals surface area contributed by atoms with E-state index in [9.17, 15) is 23.3 Å². The Morgan fingerprint density at radius 3 is 2.36 bits per heavy atom. The molecule has 0 fully saturated rings. The van der Waals surface area contributed by atoms with Gasteiger partial charge < -0.3 is 0 Å². The highest BCUT2D eigenvalue weighted by Gasteiger charge is 2.26. The molecule has 1 aromatic rings. The summed E-state index contributed by atoms with van der Waals surface area (Å²) in [6.45, 7) is 1.49. The lowest BCUT2D eigenvalue weighted by Crippen LogP contribution is -2.03. The normalized spacial score (nSPS) is 10.3. The van der Waals surface area contributed by atoms with Crippen LogP contribution >= 0.6 is 0 Å². The van der Waals surface area contributed by atoms with Gasteiger partial charge in [0, 0.05) is 5.56 Å². The van der Waals surface area contributed by atoms with Gasteiger partial charge in [0.25, 0.3) is 0 Å². The van der Waals surface area contributed by atoms with E-state index in [0.29, 0.717) is 6.07 Å². The van der Waals surface area contributed by atoms with Crippen LogP contribution in [0.4, 0.5) is 18.9 Å². The van der Waals surface area contributed by atoms with Crippen LogP contribution in [0.3, 0.4) is 0 Å². The second-order valence-electron chi connectivity index (χ2n) is 2.60. The van der Waals surface area contributed by atoms with Crippen LogP contribution in [0.2, 0.25) is 0 Å². The summed E-state index contributed by atoms with van der Waals surface area (Å²) in [5.41, 5.74) is -1.15.